The molecule has 31 heavy (non-hydrogen) atoms. The van der Waals surface area contributed by atoms with Gasteiger partial charge in [-0.15, -0.1) is 0 Å². The van der Waals surface area contributed by atoms with Crippen LogP contribution >= 0.6 is 0 Å². The molecule has 2 aromatic carbocycles. The van der Waals surface area contributed by atoms with Crippen molar-refractivity contribution in [3.05, 3.63) is 75.9 Å². The van der Waals surface area contributed by atoms with Gasteiger partial charge in [0.2, 0.25) is 0 Å². The molecule has 0 bridgehead atoms. The van der Waals surface area contributed by atoms with Crippen LogP contribution in [-0.4, -0.2) is 17.0 Å². The summed E-state index contributed by atoms with van der Waals surface area (Å²) in [6.07, 6.45) is -6.84. The molecule has 10 heteroatoms. The summed E-state index contributed by atoms with van der Waals surface area (Å²) in [5.74, 6) is -2.17. The number of aryl methyl sites for hydroxylation is 1. The number of carboxylic acid groups (broad SMARTS) is 1. The van der Waals surface area contributed by atoms with Crippen LogP contribution in [0.3, 0.4) is 0 Å². The first-order valence-electron chi connectivity index (χ1n) is 8.99. The van der Waals surface area contributed by atoms with Crippen LogP contribution in [0.2, 0.25) is 0 Å². The van der Waals surface area contributed by atoms with E-state index in [1.54, 1.807) is 18.2 Å². The maximum atomic E-state index is 13.0. The highest BCUT2D eigenvalue weighted by Crippen LogP contribution is 2.37. The Balaban J connectivity index is 1.86. The van der Waals surface area contributed by atoms with E-state index in [2.05, 4.69) is 5.32 Å². The molecule has 2 aromatic rings. The quantitative estimate of drug-likeness (QED) is 0.502. The topological polar surface area (TPSA) is 66.4 Å². The molecular formula is C21H15F6NO3. The van der Waals surface area contributed by atoms with Gasteiger partial charge in [-0.05, 0) is 53.8 Å². The van der Waals surface area contributed by atoms with E-state index in [9.17, 15) is 35.9 Å². The summed E-state index contributed by atoms with van der Waals surface area (Å²) >= 11 is 0. The first-order valence-corrected chi connectivity index (χ1v) is 8.99. The molecule has 0 saturated heterocycles. The van der Waals surface area contributed by atoms with E-state index in [1.165, 1.54) is 6.08 Å². The Kier molecular flexibility index (Phi) is 5.84. The second kappa shape index (κ2) is 8.09. The number of amides is 1. The van der Waals surface area contributed by atoms with Crippen molar-refractivity contribution in [2.45, 2.75) is 31.2 Å². The lowest BCUT2D eigenvalue weighted by molar-refractivity contribution is -0.143. The number of hydrogen-bond acceptors (Lipinski definition) is 2. The number of fused-ring (bicyclic) bond motifs is 1. The summed E-state index contributed by atoms with van der Waals surface area (Å²) < 4.78 is 78.1. The van der Waals surface area contributed by atoms with Crippen molar-refractivity contribution in [2.24, 2.45) is 0 Å². The highest BCUT2D eigenvalue weighted by atomic mass is 19.4. The van der Waals surface area contributed by atoms with Crippen molar-refractivity contribution in [1.82, 2.24) is 5.32 Å². The maximum Gasteiger partial charge on any atom is 0.416 e. The molecule has 2 N–H and O–H groups in total. The van der Waals surface area contributed by atoms with Gasteiger partial charge in [0.15, 0.2) is 0 Å². The Bertz CT molecular complexity index is 1020. The van der Waals surface area contributed by atoms with Gasteiger partial charge in [0.1, 0.15) is 0 Å². The van der Waals surface area contributed by atoms with Gasteiger partial charge >= 0.3 is 18.3 Å². The third-order valence-electron chi connectivity index (χ3n) is 4.82. The second-order valence-corrected chi connectivity index (χ2v) is 6.99. The van der Waals surface area contributed by atoms with E-state index in [4.69, 9.17) is 5.11 Å². The van der Waals surface area contributed by atoms with Crippen molar-refractivity contribution in [2.75, 3.05) is 0 Å². The average molecular weight is 443 g/mol. The maximum absolute atomic E-state index is 13.0. The number of benzene rings is 2. The molecule has 3 rings (SSSR count). The zero-order valence-electron chi connectivity index (χ0n) is 15.6. The Morgan fingerprint density at radius 1 is 0.968 bits per heavy atom. The third-order valence-corrected chi connectivity index (χ3v) is 4.82. The fourth-order valence-electron chi connectivity index (χ4n) is 3.39. The van der Waals surface area contributed by atoms with Crippen LogP contribution in [0.1, 0.15) is 50.6 Å². The molecule has 0 fully saturated rings. The number of aliphatic carboxylic acids is 1. The van der Waals surface area contributed by atoms with Crippen molar-refractivity contribution in [1.29, 1.82) is 0 Å². The molecule has 1 amide bonds. The number of alkyl halides is 6. The van der Waals surface area contributed by atoms with Gasteiger partial charge in [-0.25, -0.2) is 4.79 Å². The first kappa shape index (κ1) is 22.4. The molecule has 1 unspecified atom stereocenters. The van der Waals surface area contributed by atoms with E-state index >= 15 is 0 Å². The van der Waals surface area contributed by atoms with Crippen molar-refractivity contribution in [3.63, 3.8) is 0 Å². The number of halogens is 6. The minimum atomic E-state index is -5.05. The van der Waals surface area contributed by atoms with Gasteiger partial charge in [0.25, 0.3) is 5.91 Å². The molecule has 0 heterocycles. The molecule has 0 aromatic heterocycles. The normalized spacial score (nSPS) is 16.4. The van der Waals surface area contributed by atoms with Crippen molar-refractivity contribution >= 4 is 18.0 Å². The molecule has 0 radical (unpaired) electrons. The number of rotatable bonds is 4. The standard InChI is InChI=1S/C21H15F6NO3/c22-20(23,24)14-8-13(9-15(10-14)21(25,26)27)19(31)28-17-5-3-12-7-11(1-4-16(12)17)2-6-18(29)30/h1-2,4,6-10,17H,3,5H2,(H,28,31)(H,29,30)/b6-2+. The summed E-state index contributed by atoms with van der Waals surface area (Å²) in [4.78, 5) is 23.1. The number of carbonyl (C=O) groups excluding carboxylic acids is 1. The zero-order valence-corrected chi connectivity index (χ0v) is 15.6. The summed E-state index contributed by atoms with van der Waals surface area (Å²) in [6, 6.07) is 5.11. The van der Waals surface area contributed by atoms with Crippen LogP contribution in [0.25, 0.3) is 6.08 Å². The van der Waals surface area contributed by atoms with Crippen molar-refractivity contribution < 1.29 is 41.0 Å². The van der Waals surface area contributed by atoms with Crippen LogP contribution < -0.4 is 5.32 Å². The number of nitrogens with one attached hydrogen (secondary N) is 1. The fraction of sp³-hybridized carbons (Fsp3) is 0.238. The van der Waals surface area contributed by atoms with E-state index in [0.29, 0.717) is 36.1 Å². The van der Waals surface area contributed by atoms with Crippen molar-refractivity contribution in [3.8, 4) is 0 Å². The molecule has 1 atom stereocenters. The van der Waals surface area contributed by atoms with Gasteiger partial charge in [-0.2, -0.15) is 26.3 Å². The van der Waals surface area contributed by atoms with E-state index in [1.807, 2.05) is 0 Å². The number of hydrogen-bond donors (Lipinski definition) is 2. The zero-order chi connectivity index (χ0) is 23.0. The summed E-state index contributed by atoms with van der Waals surface area (Å²) in [5, 5.41) is 11.2. The largest absolute Gasteiger partial charge is 0.478 e. The molecule has 4 nitrogen and oxygen atoms in total. The first-order chi connectivity index (χ1) is 14.3. The van der Waals surface area contributed by atoms with Crippen LogP contribution in [-0.2, 0) is 23.6 Å². The van der Waals surface area contributed by atoms with E-state index < -0.39 is 47.0 Å². The molecule has 164 valence electrons. The molecule has 0 aliphatic heterocycles. The lowest BCUT2D eigenvalue weighted by Crippen LogP contribution is -2.28. The minimum Gasteiger partial charge on any atom is -0.478 e. The second-order valence-electron chi connectivity index (χ2n) is 6.99. The predicted molar refractivity (Wildman–Crippen MR) is 98.1 cm³/mol. The lowest BCUT2D eigenvalue weighted by atomic mass is 10.0. The highest BCUT2D eigenvalue weighted by Gasteiger charge is 2.37. The summed E-state index contributed by atoms with van der Waals surface area (Å²) in [6.45, 7) is 0. The molecular weight excluding hydrogens is 428 g/mol. The molecule has 0 saturated carbocycles. The number of carboxylic acids is 1. The van der Waals surface area contributed by atoms with Gasteiger partial charge in [0, 0.05) is 11.6 Å². The Morgan fingerprint density at radius 3 is 2.13 bits per heavy atom. The van der Waals surface area contributed by atoms with E-state index in [-0.39, 0.29) is 6.07 Å². The number of carbonyl (C=O) groups is 2. The van der Waals surface area contributed by atoms with Gasteiger partial charge in [-0.1, -0.05) is 18.2 Å². The molecule has 1 aliphatic rings. The monoisotopic (exact) mass is 443 g/mol. The van der Waals surface area contributed by atoms with Crippen LogP contribution in [0.4, 0.5) is 26.3 Å². The van der Waals surface area contributed by atoms with E-state index in [0.717, 1.165) is 11.6 Å². The Hall–Kier alpha value is -3.30. The Labute approximate surface area is 172 Å². The highest BCUT2D eigenvalue weighted by molar-refractivity contribution is 5.95. The predicted octanol–water partition coefficient (Wildman–Crippen LogP) is 5.24. The SMILES string of the molecule is O=C(O)/C=C/c1ccc2c(c1)CCC2NC(=O)c1cc(C(F)(F)F)cc(C(F)(F)F)c1. The van der Waals surface area contributed by atoms with Gasteiger partial charge in [0.05, 0.1) is 17.2 Å². The fourth-order valence-corrected chi connectivity index (χ4v) is 3.39. The summed E-state index contributed by atoms with van der Waals surface area (Å²) in [7, 11) is 0. The molecule has 0 spiro atoms. The van der Waals surface area contributed by atoms with Crippen LogP contribution in [0, 0.1) is 0 Å². The third kappa shape index (κ3) is 5.25. The van der Waals surface area contributed by atoms with Crippen LogP contribution in [0.15, 0.2) is 42.5 Å². The summed E-state index contributed by atoms with van der Waals surface area (Å²) in [5.41, 5.74) is -1.78. The Morgan fingerprint density at radius 2 is 1.58 bits per heavy atom. The van der Waals surface area contributed by atoms with Gasteiger partial charge < -0.3 is 10.4 Å². The molecule has 1 aliphatic carbocycles. The lowest BCUT2D eigenvalue weighted by Gasteiger charge is -2.17. The van der Waals surface area contributed by atoms with Crippen LogP contribution in [0.5, 0.6) is 0 Å². The van der Waals surface area contributed by atoms with Gasteiger partial charge in [-0.3, -0.25) is 4.79 Å². The smallest absolute Gasteiger partial charge is 0.416 e. The minimum absolute atomic E-state index is 0.0339. The average Bonchev–Trinajstić information content (AvgIpc) is 3.06.